The number of allylic oxidation sites excluding steroid dienone is 3. The average molecular weight is 205 g/mol. The van der Waals surface area contributed by atoms with E-state index in [1.807, 2.05) is 24.1 Å². The Kier molecular flexibility index (Phi) is 2.30. The molecule has 0 aromatic carbocycles. The molecule has 0 amide bonds. The first-order valence-corrected chi connectivity index (χ1v) is 5.94. The second-order valence-electron chi connectivity index (χ2n) is 1.99. The molecule has 1 aliphatic rings. The molecule has 0 radical (unpaired) electrons. The third-order valence-electron chi connectivity index (χ3n) is 1.32. The van der Waals surface area contributed by atoms with Crippen LogP contribution in [-0.4, -0.2) is 25.9 Å². The molecule has 1 heterocycles. The molecule has 2 nitrogen and oxygen atoms in total. The first-order chi connectivity index (χ1) is 4.75. The van der Waals surface area contributed by atoms with Gasteiger partial charge in [-0.1, -0.05) is 0 Å². The van der Waals surface area contributed by atoms with Gasteiger partial charge in [-0.3, -0.25) is 0 Å². The number of carbonyl (C=O) groups is 1. The molecule has 0 N–H and O–H groups in total. The number of hydrogen-bond acceptors (Lipinski definition) is 2. The maximum atomic E-state index is 11.0. The molecule has 0 aromatic heterocycles. The van der Waals surface area contributed by atoms with Gasteiger partial charge in [0.25, 0.3) is 0 Å². The third kappa shape index (κ3) is 1.31. The van der Waals surface area contributed by atoms with Crippen LogP contribution in [0.3, 0.4) is 0 Å². The van der Waals surface area contributed by atoms with Crippen LogP contribution in [0.5, 0.6) is 0 Å². The predicted octanol–water partition coefficient (Wildman–Crippen LogP) is 1.16. The number of methoxy groups -OCH3 is 1. The summed E-state index contributed by atoms with van der Waals surface area (Å²) >= 11 is -1.52. The molecule has 0 aliphatic carbocycles. The van der Waals surface area contributed by atoms with Crippen molar-refractivity contribution in [3.8, 4) is 0 Å². The van der Waals surface area contributed by atoms with E-state index in [1.165, 1.54) is 11.6 Å². The number of ether oxygens (including phenoxy) is 1. The van der Waals surface area contributed by atoms with Crippen LogP contribution in [0.25, 0.3) is 0 Å². The fraction of sp³-hybridized carbons (Fsp3) is 0.286. The van der Waals surface area contributed by atoms with Gasteiger partial charge >= 0.3 is 63.9 Å². The van der Waals surface area contributed by atoms with Crippen molar-refractivity contribution in [2.24, 2.45) is 0 Å². The molecular weight excluding hydrogens is 195 g/mol. The molecule has 1 aliphatic heterocycles. The fourth-order valence-corrected chi connectivity index (χ4v) is 3.59. The molecule has 1 unspecified atom stereocenters. The van der Waals surface area contributed by atoms with Crippen molar-refractivity contribution in [2.45, 2.75) is 6.92 Å². The van der Waals surface area contributed by atoms with Crippen LogP contribution in [0.15, 0.2) is 21.6 Å². The predicted molar refractivity (Wildman–Crippen MR) is 42.5 cm³/mol. The Labute approximate surface area is 64.4 Å². The Bertz CT molecular complexity index is 206. The van der Waals surface area contributed by atoms with Crippen molar-refractivity contribution >= 4 is 18.8 Å². The van der Waals surface area contributed by atoms with Crippen molar-refractivity contribution in [3.05, 3.63) is 21.6 Å². The van der Waals surface area contributed by atoms with Crippen LogP contribution in [0.4, 0.5) is 4.79 Å². The Morgan fingerprint density at radius 2 is 2.40 bits per heavy atom. The Hall–Kier alpha value is -0.531. The van der Waals surface area contributed by atoms with E-state index in [-0.39, 0.29) is 4.87 Å². The van der Waals surface area contributed by atoms with Gasteiger partial charge < -0.3 is 0 Å². The van der Waals surface area contributed by atoms with E-state index in [1.54, 1.807) is 0 Å². The van der Waals surface area contributed by atoms with Crippen molar-refractivity contribution in [1.82, 2.24) is 0 Å². The van der Waals surface area contributed by atoms with Gasteiger partial charge in [-0.2, -0.15) is 0 Å². The van der Waals surface area contributed by atoms with Gasteiger partial charge in [0.1, 0.15) is 0 Å². The Morgan fingerprint density at radius 1 is 1.70 bits per heavy atom. The second-order valence-corrected chi connectivity index (χ2v) is 6.41. The molecule has 0 saturated heterocycles. The van der Waals surface area contributed by atoms with Gasteiger partial charge in [-0.25, -0.2) is 0 Å². The van der Waals surface area contributed by atoms with E-state index >= 15 is 0 Å². The summed E-state index contributed by atoms with van der Waals surface area (Å²) in [4.78, 5) is 12.9. The molecule has 0 saturated carbocycles. The van der Waals surface area contributed by atoms with Crippen LogP contribution in [0.1, 0.15) is 6.92 Å². The summed E-state index contributed by atoms with van der Waals surface area (Å²) in [5.41, 5.74) is 0. The molecular formula is C7H10O2Se. The summed E-state index contributed by atoms with van der Waals surface area (Å²) in [6.45, 7) is 1.98. The normalized spacial score (nSPS) is 26.2. The number of hydrogen-bond donors (Lipinski definition) is 0. The van der Waals surface area contributed by atoms with E-state index in [0.717, 1.165) is 0 Å². The first kappa shape index (κ1) is 7.58. The van der Waals surface area contributed by atoms with Crippen LogP contribution >= 0.6 is 0 Å². The van der Waals surface area contributed by atoms with Crippen molar-refractivity contribution < 1.29 is 9.53 Å². The quantitative estimate of drug-likeness (QED) is 0.600. The van der Waals surface area contributed by atoms with Crippen molar-refractivity contribution in [2.75, 3.05) is 7.11 Å². The van der Waals surface area contributed by atoms with E-state index in [2.05, 4.69) is 4.74 Å². The minimum absolute atomic E-state index is 0.0324. The molecule has 0 bridgehead atoms. The standard InChI is InChI=1S/C7H10O2Se/c1-6-4-3-5-10(6)7(8)9-2/h3-5,10H,1-2H3. The Morgan fingerprint density at radius 3 is 2.80 bits per heavy atom. The molecule has 1 rings (SSSR count). The zero-order chi connectivity index (χ0) is 7.56. The summed E-state index contributed by atoms with van der Waals surface area (Å²) in [6, 6.07) is 0. The molecule has 3 heteroatoms. The topological polar surface area (TPSA) is 26.3 Å². The van der Waals surface area contributed by atoms with Crippen molar-refractivity contribution in [1.29, 1.82) is 0 Å². The maximum absolute atomic E-state index is 11.0. The van der Waals surface area contributed by atoms with E-state index in [9.17, 15) is 4.79 Å². The van der Waals surface area contributed by atoms with Crippen LogP contribution in [-0.2, 0) is 4.74 Å². The third-order valence-corrected chi connectivity index (χ3v) is 5.43. The monoisotopic (exact) mass is 206 g/mol. The zero-order valence-corrected chi connectivity index (χ0v) is 7.87. The van der Waals surface area contributed by atoms with E-state index < -0.39 is 13.9 Å². The van der Waals surface area contributed by atoms with Gasteiger partial charge in [0.15, 0.2) is 0 Å². The summed E-state index contributed by atoms with van der Waals surface area (Å²) in [5, 5.41) is 0. The van der Waals surface area contributed by atoms with Crippen LogP contribution < -0.4 is 0 Å². The summed E-state index contributed by atoms with van der Waals surface area (Å²) in [6.07, 6.45) is 3.92. The van der Waals surface area contributed by atoms with E-state index in [0.29, 0.717) is 0 Å². The molecule has 1 atom stereocenters. The fourth-order valence-electron chi connectivity index (χ4n) is 0.769. The number of rotatable bonds is 1. The van der Waals surface area contributed by atoms with Crippen LogP contribution in [0.2, 0.25) is 0 Å². The second kappa shape index (κ2) is 3.04. The molecule has 56 valence electrons. The molecule has 0 fully saturated rings. The minimum atomic E-state index is -1.52. The first-order valence-electron chi connectivity index (χ1n) is 2.98. The number of carbonyl (C=O) groups excluding carboxylic acids is 1. The van der Waals surface area contributed by atoms with Crippen LogP contribution in [0, 0.1) is 0 Å². The average Bonchev–Trinajstić information content (AvgIpc) is 2.34. The van der Waals surface area contributed by atoms with Gasteiger partial charge in [0.05, 0.1) is 0 Å². The SMILES string of the molecule is COC(=O)[SeH]1C=CC=C1C. The van der Waals surface area contributed by atoms with Gasteiger partial charge in [-0.05, 0) is 0 Å². The van der Waals surface area contributed by atoms with Gasteiger partial charge in [0.2, 0.25) is 0 Å². The molecule has 0 spiro atoms. The summed E-state index contributed by atoms with van der Waals surface area (Å²) in [7, 11) is 1.44. The summed E-state index contributed by atoms with van der Waals surface area (Å²) < 4.78 is 5.83. The summed E-state index contributed by atoms with van der Waals surface area (Å²) in [5.74, 6) is 0. The van der Waals surface area contributed by atoms with E-state index in [4.69, 9.17) is 0 Å². The van der Waals surface area contributed by atoms with Gasteiger partial charge in [-0.15, -0.1) is 0 Å². The van der Waals surface area contributed by atoms with Gasteiger partial charge in [0, 0.05) is 0 Å². The molecule has 10 heavy (non-hydrogen) atoms. The molecule has 0 aromatic rings. The zero-order valence-electron chi connectivity index (χ0n) is 6.00. The van der Waals surface area contributed by atoms with Crippen molar-refractivity contribution in [3.63, 3.8) is 0 Å². The Balaban J connectivity index is 2.66.